The molecular weight excluding hydrogens is 479 g/mol. The van der Waals surface area contributed by atoms with Gasteiger partial charge in [0.05, 0.1) is 38.2 Å². The van der Waals surface area contributed by atoms with E-state index in [9.17, 15) is 13.2 Å². The van der Waals surface area contributed by atoms with Crippen molar-refractivity contribution in [1.29, 1.82) is 0 Å². The van der Waals surface area contributed by atoms with Crippen molar-refractivity contribution in [1.82, 2.24) is 15.0 Å². The molecule has 1 N–H and O–H groups in total. The molecular formula is C23H24F3N7O3. The van der Waals surface area contributed by atoms with Gasteiger partial charge in [0.2, 0.25) is 17.8 Å². The van der Waals surface area contributed by atoms with E-state index in [4.69, 9.17) is 13.9 Å². The summed E-state index contributed by atoms with van der Waals surface area (Å²) in [7, 11) is 0. The normalized spacial score (nSPS) is 17.1. The molecule has 0 spiro atoms. The van der Waals surface area contributed by atoms with E-state index in [1.807, 2.05) is 9.80 Å². The molecule has 36 heavy (non-hydrogen) atoms. The lowest BCUT2D eigenvalue weighted by molar-refractivity contribution is -0.137. The molecule has 2 aromatic heterocycles. The van der Waals surface area contributed by atoms with E-state index < -0.39 is 11.7 Å². The van der Waals surface area contributed by atoms with E-state index in [-0.39, 0.29) is 5.95 Å². The lowest BCUT2D eigenvalue weighted by Crippen LogP contribution is -2.40. The summed E-state index contributed by atoms with van der Waals surface area (Å²) in [4.78, 5) is 17.7. The van der Waals surface area contributed by atoms with Gasteiger partial charge in [-0.05, 0) is 24.3 Å². The topological polar surface area (TPSA) is 101 Å². The van der Waals surface area contributed by atoms with Crippen LogP contribution in [0.2, 0.25) is 0 Å². The van der Waals surface area contributed by atoms with Crippen LogP contribution in [0.5, 0.6) is 0 Å². The number of morpholine rings is 2. The van der Waals surface area contributed by atoms with E-state index in [1.165, 1.54) is 12.3 Å². The van der Waals surface area contributed by atoms with E-state index in [0.717, 1.165) is 12.1 Å². The molecule has 0 radical (unpaired) electrons. The number of nitrogens with zero attached hydrogens (tertiary/aromatic N) is 6. The Morgan fingerprint density at radius 1 is 0.861 bits per heavy atom. The molecule has 0 aliphatic carbocycles. The van der Waals surface area contributed by atoms with Crippen LogP contribution in [0.15, 0.2) is 45.9 Å². The highest BCUT2D eigenvalue weighted by atomic mass is 19.4. The van der Waals surface area contributed by atoms with Crippen LogP contribution in [0.1, 0.15) is 11.3 Å². The Morgan fingerprint density at radius 3 is 2.11 bits per heavy atom. The number of rotatable bonds is 6. The number of benzene rings is 1. The molecule has 2 saturated heterocycles. The third-order valence-corrected chi connectivity index (χ3v) is 5.66. The first-order valence-electron chi connectivity index (χ1n) is 11.4. The minimum absolute atomic E-state index is 0.258. The number of aromatic nitrogens is 3. The second-order valence-electron chi connectivity index (χ2n) is 8.11. The summed E-state index contributed by atoms with van der Waals surface area (Å²) in [6.45, 7) is 5.02. The van der Waals surface area contributed by atoms with Crippen molar-refractivity contribution in [3.63, 3.8) is 0 Å². The molecule has 2 fully saturated rings. The molecule has 190 valence electrons. The average molecular weight is 503 g/mol. The summed E-state index contributed by atoms with van der Waals surface area (Å²) < 4.78 is 55.6. The minimum atomic E-state index is -4.43. The second kappa shape index (κ2) is 10.5. The number of hydrazone groups is 1. The predicted octanol–water partition coefficient (Wildman–Crippen LogP) is 3.27. The zero-order chi connectivity index (χ0) is 25.0. The molecule has 1 aromatic carbocycles. The van der Waals surface area contributed by atoms with Crippen molar-refractivity contribution >= 4 is 24.1 Å². The number of hydrogen-bond acceptors (Lipinski definition) is 10. The van der Waals surface area contributed by atoms with Gasteiger partial charge in [-0.3, -0.25) is 0 Å². The first-order valence-corrected chi connectivity index (χ1v) is 11.4. The maximum atomic E-state index is 13.0. The summed E-state index contributed by atoms with van der Waals surface area (Å²) in [5.41, 5.74) is 2.39. The van der Waals surface area contributed by atoms with Crippen LogP contribution in [0.4, 0.5) is 31.0 Å². The van der Waals surface area contributed by atoms with Crippen LogP contribution in [0.3, 0.4) is 0 Å². The zero-order valence-electron chi connectivity index (χ0n) is 19.2. The molecule has 0 unspecified atom stereocenters. The Kier molecular flexibility index (Phi) is 7.00. The summed E-state index contributed by atoms with van der Waals surface area (Å²) in [5, 5.41) is 4.16. The maximum Gasteiger partial charge on any atom is 0.416 e. The number of nitrogens with one attached hydrogen (secondary N) is 1. The molecule has 4 heterocycles. The summed E-state index contributed by atoms with van der Waals surface area (Å²) in [6.07, 6.45) is -3.02. The Morgan fingerprint density at radius 2 is 1.50 bits per heavy atom. The van der Waals surface area contributed by atoms with Gasteiger partial charge >= 0.3 is 6.18 Å². The monoisotopic (exact) mass is 503 g/mol. The number of anilines is 3. The second-order valence-corrected chi connectivity index (χ2v) is 8.11. The molecule has 0 atom stereocenters. The molecule has 5 rings (SSSR count). The van der Waals surface area contributed by atoms with Gasteiger partial charge in [0, 0.05) is 31.7 Å². The number of halogens is 3. The Labute approximate surface area is 204 Å². The van der Waals surface area contributed by atoms with Gasteiger partial charge in [0.25, 0.3) is 0 Å². The fourth-order valence-electron chi connectivity index (χ4n) is 3.79. The van der Waals surface area contributed by atoms with Crippen LogP contribution in [-0.2, 0) is 15.7 Å². The smallest absolute Gasteiger partial charge is 0.416 e. The molecule has 3 aromatic rings. The number of alkyl halides is 3. The lowest BCUT2D eigenvalue weighted by Gasteiger charge is -2.30. The minimum Gasteiger partial charge on any atom is -0.455 e. The van der Waals surface area contributed by atoms with Gasteiger partial charge in [-0.2, -0.15) is 33.2 Å². The van der Waals surface area contributed by atoms with Gasteiger partial charge in [0.1, 0.15) is 11.5 Å². The highest BCUT2D eigenvalue weighted by Crippen LogP contribution is 2.32. The first kappa shape index (κ1) is 24.0. The fraction of sp³-hybridized carbons (Fsp3) is 0.391. The molecule has 10 nitrogen and oxygen atoms in total. The zero-order valence-corrected chi connectivity index (χ0v) is 19.2. The van der Waals surface area contributed by atoms with Crippen molar-refractivity contribution in [2.75, 3.05) is 67.8 Å². The highest BCUT2D eigenvalue weighted by molar-refractivity contribution is 5.78. The van der Waals surface area contributed by atoms with Gasteiger partial charge < -0.3 is 23.7 Å². The van der Waals surface area contributed by atoms with E-state index in [0.29, 0.717) is 81.6 Å². The Bertz CT molecular complexity index is 1170. The van der Waals surface area contributed by atoms with Gasteiger partial charge in [0.15, 0.2) is 0 Å². The van der Waals surface area contributed by atoms with Crippen LogP contribution in [-0.4, -0.2) is 73.8 Å². The highest BCUT2D eigenvalue weighted by Gasteiger charge is 2.30. The molecule has 0 bridgehead atoms. The Hall–Kier alpha value is -3.71. The summed E-state index contributed by atoms with van der Waals surface area (Å²) >= 11 is 0. The number of hydrogen-bond donors (Lipinski definition) is 1. The van der Waals surface area contributed by atoms with Crippen LogP contribution in [0, 0.1) is 0 Å². The quantitative estimate of drug-likeness (QED) is 0.401. The molecule has 0 amide bonds. The Balaban J connectivity index is 1.32. The lowest BCUT2D eigenvalue weighted by atomic mass is 10.1. The number of ether oxygens (including phenoxy) is 2. The van der Waals surface area contributed by atoms with Crippen molar-refractivity contribution in [2.24, 2.45) is 5.10 Å². The fourth-order valence-corrected chi connectivity index (χ4v) is 3.79. The molecule has 0 saturated carbocycles. The summed E-state index contributed by atoms with van der Waals surface area (Å²) in [6, 6.07) is 8.17. The molecule has 13 heteroatoms. The van der Waals surface area contributed by atoms with Crippen molar-refractivity contribution in [2.45, 2.75) is 6.18 Å². The predicted molar refractivity (Wildman–Crippen MR) is 126 cm³/mol. The van der Waals surface area contributed by atoms with Crippen molar-refractivity contribution < 1.29 is 27.1 Å². The summed E-state index contributed by atoms with van der Waals surface area (Å²) in [5.74, 6) is 1.96. The van der Waals surface area contributed by atoms with Gasteiger partial charge in [-0.15, -0.1) is 0 Å². The third-order valence-electron chi connectivity index (χ3n) is 5.66. The van der Waals surface area contributed by atoms with E-state index >= 15 is 0 Å². The first-order chi connectivity index (χ1) is 17.5. The van der Waals surface area contributed by atoms with Crippen LogP contribution >= 0.6 is 0 Å². The van der Waals surface area contributed by atoms with Crippen LogP contribution < -0.4 is 15.2 Å². The van der Waals surface area contributed by atoms with Gasteiger partial charge in [-0.1, -0.05) is 12.1 Å². The van der Waals surface area contributed by atoms with Crippen molar-refractivity contribution in [3.05, 3.63) is 47.7 Å². The van der Waals surface area contributed by atoms with E-state index in [1.54, 1.807) is 18.2 Å². The number of furan rings is 1. The van der Waals surface area contributed by atoms with Gasteiger partial charge in [-0.25, -0.2) is 5.43 Å². The third kappa shape index (κ3) is 5.74. The molecule has 2 aliphatic rings. The molecule has 2 aliphatic heterocycles. The average Bonchev–Trinajstić information content (AvgIpc) is 3.38. The largest absolute Gasteiger partial charge is 0.455 e. The SMILES string of the molecule is FC(F)(F)c1cccc(-c2ccc(/C=N\Nc3nc(N4CCOCC4)nc(N4CCOCC4)n3)o2)c1. The van der Waals surface area contributed by atoms with Crippen molar-refractivity contribution in [3.8, 4) is 11.3 Å². The standard InChI is InChI=1S/C23H24F3N7O3/c24-23(25,26)17-3-1-2-16(14-17)19-5-4-18(36-19)15-27-31-20-28-21(32-6-10-34-11-7-32)30-22(29-20)33-8-12-35-13-9-33/h1-5,14-15H,6-13H2,(H,28,29,30,31)/b27-15-. The van der Waals surface area contributed by atoms with Crippen LogP contribution in [0.25, 0.3) is 11.3 Å². The maximum absolute atomic E-state index is 13.0. The van der Waals surface area contributed by atoms with E-state index in [2.05, 4.69) is 25.5 Å².